The monoisotopic (exact) mass is 259 g/mol. The van der Waals surface area contributed by atoms with Crippen LogP contribution in [0.5, 0.6) is 5.75 Å². The van der Waals surface area contributed by atoms with Crippen LogP contribution in [0.25, 0.3) is 0 Å². The van der Waals surface area contributed by atoms with Gasteiger partial charge in [0.05, 0.1) is 5.69 Å². The molecule has 2 nitrogen and oxygen atoms in total. The van der Waals surface area contributed by atoms with Crippen LogP contribution < -0.4 is 4.90 Å². The molecule has 0 spiro atoms. The molecular weight excluding hydrogens is 241 g/mol. The second-order valence-electron chi connectivity index (χ2n) is 4.78. The van der Waals surface area contributed by atoms with Crippen LogP contribution in [0.4, 0.5) is 10.1 Å². The maximum absolute atomic E-state index is 13.7. The van der Waals surface area contributed by atoms with Crippen molar-refractivity contribution in [3.8, 4) is 5.75 Å². The highest BCUT2D eigenvalue weighted by Gasteiger charge is 2.13. The molecular formula is C16H18FNO. The van der Waals surface area contributed by atoms with Crippen molar-refractivity contribution < 1.29 is 9.50 Å². The second-order valence-corrected chi connectivity index (χ2v) is 4.78. The molecule has 0 radical (unpaired) electrons. The van der Waals surface area contributed by atoms with Crippen LogP contribution in [0, 0.1) is 5.82 Å². The van der Waals surface area contributed by atoms with Gasteiger partial charge < -0.3 is 10.0 Å². The first-order valence-electron chi connectivity index (χ1n) is 6.33. The van der Waals surface area contributed by atoms with Crippen molar-refractivity contribution in [1.29, 1.82) is 0 Å². The van der Waals surface area contributed by atoms with Crippen LogP contribution in [0.15, 0.2) is 48.5 Å². The lowest BCUT2D eigenvalue weighted by Gasteiger charge is -2.27. The third-order valence-electron chi connectivity index (χ3n) is 3.36. The predicted octanol–water partition coefficient (Wildman–Crippen LogP) is 3.60. The lowest BCUT2D eigenvalue weighted by molar-refractivity contribution is 0.475. The molecule has 2 aromatic rings. The van der Waals surface area contributed by atoms with Gasteiger partial charge in [0.25, 0.3) is 0 Å². The number of anilines is 1. The average Bonchev–Trinajstić information content (AvgIpc) is 2.41. The zero-order valence-corrected chi connectivity index (χ0v) is 11.2. The van der Waals surface area contributed by atoms with Crippen molar-refractivity contribution in [2.45, 2.75) is 19.4 Å². The maximum atomic E-state index is 13.7. The number of phenolic OH excluding ortho intramolecular Hbond substituents is 1. The molecule has 0 aromatic heterocycles. The number of rotatable bonds is 4. The normalized spacial score (nSPS) is 12.2. The molecule has 0 fully saturated rings. The fourth-order valence-electron chi connectivity index (χ4n) is 2.09. The van der Waals surface area contributed by atoms with E-state index in [0.29, 0.717) is 5.69 Å². The van der Waals surface area contributed by atoms with Crippen LogP contribution in [0.3, 0.4) is 0 Å². The van der Waals surface area contributed by atoms with Gasteiger partial charge in [-0.2, -0.15) is 0 Å². The quantitative estimate of drug-likeness (QED) is 0.906. The van der Waals surface area contributed by atoms with Crippen LogP contribution in [0.1, 0.15) is 12.5 Å². The molecule has 2 aromatic carbocycles. The van der Waals surface area contributed by atoms with Crippen molar-refractivity contribution in [3.05, 3.63) is 59.9 Å². The fraction of sp³-hybridized carbons (Fsp3) is 0.250. The predicted molar refractivity (Wildman–Crippen MR) is 76.1 cm³/mol. The van der Waals surface area contributed by atoms with Gasteiger partial charge in [-0.1, -0.05) is 24.3 Å². The summed E-state index contributed by atoms with van der Waals surface area (Å²) in [5, 5.41) is 9.25. The number of hydrogen-bond acceptors (Lipinski definition) is 2. The van der Waals surface area contributed by atoms with E-state index in [1.807, 2.05) is 30.1 Å². The summed E-state index contributed by atoms with van der Waals surface area (Å²) in [7, 11) is 1.89. The minimum absolute atomic E-state index is 0.168. The SMILES string of the molecule is CC(Cc1ccc(O)cc1)N(C)c1ccccc1F. The highest BCUT2D eigenvalue weighted by Crippen LogP contribution is 2.21. The zero-order chi connectivity index (χ0) is 13.8. The average molecular weight is 259 g/mol. The number of nitrogens with zero attached hydrogens (tertiary/aromatic N) is 1. The lowest BCUT2D eigenvalue weighted by atomic mass is 10.1. The van der Waals surface area contributed by atoms with Gasteiger partial charge in [0.1, 0.15) is 11.6 Å². The van der Waals surface area contributed by atoms with Crippen molar-refractivity contribution in [1.82, 2.24) is 0 Å². The first kappa shape index (κ1) is 13.4. The van der Waals surface area contributed by atoms with Gasteiger partial charge in [0.15, 0.2) is 0 Å². The van der Waals surface area contributed by atoms with Crippen molar-refractivity contribution in [2.24, 2.45) is 0 Å². The van der Waals surface area contributed by atoms with Gasteiger partial charge in [-0.15, -0.1) is 0 Å². The minimum Gasteiger partial charge on any atom is -0.508 e. The molecule has 0 amide bonds. The second kappa shape index (κ2) is 5.74. The topological polar surface area (TPSA) is 23.5 Å². The van der Waals surface area contributed by atoms with E-state index in [1.54, 1.807) is 24.3 Å². The van der Waals surface area contributed by atoms with E-state index in [9.17, 15) is 9.50 Å². The summed E-state index contributed by atoms with van der Waals surface area (Å²) in [5.41, 5.74) is 1.72. The lowest BCUT2D eigenvalue weighted by Crippen LogP contribution is -2.31. The van der Waals surface area contributed by atoms with Gasteiger partial charge in [-0.3, -0.25) is 0 Å². The molecule has 100 valence electrons. The molecule has 1 unspecified atom stereocenters. The molecule has 0 aliphatic carbocycles. The Balaban J connectivity index is 2.09. The minimum atomic E-state index is -0.206. The summed E-state index contributed by atoms with van der Waals surface area (Å²) < 4.78 is 13.7. The summed E-state index contributed by atoms with van der Waals surface area (Å²) in [4.78, 5) is 1.93. The third kappa shape index (κ3) is 3.25. The molecule has 3 heteroatoms. The summed E-state index contributed by atoms with van der Waals surface area (Å²) in [6.07, 6.45) is 0.797. The number of benzene rings is 2. The van der Waals surface area contributed by atoms with E-state index in [1.165, 1.54) is 6.07 Å². The van der Waals surface area contributed by atoms with Gasteiger partial charge in [-0.25, -0.2) is 4.39 Å². The summed E-state index contributed by atoms with van der Waals surface area (Å²) in [6.45, 7) is 2.05. The van der Waals surface area contributed by atoms with E-state index < -0.39 is 0 Å². The molecule has 0 aliphatic rings. The van der Waals surface area contributed by atoms with Gasteiger partial charge in [0.2, 0.25) is 0 Å². The fourth-order valence-corrected chi connectivity index (χ4v) is 2.09. The molecule has 2 rings (SSSR count). The van der Waals surface area contributed by atoms with Crippen LogP contribution in [-0.2, 0) is 6.42 Å². The Morgan fingerprint density at radius 2 is 1.74 bits per heavy atom. The Labute approximate surface area is 113 Å². The Hall–Kier alpha value is -2.03. The number of likely N-dealkylation sites (N-methyl/N-ethyl adjacent to an activating group) is 1. The number of halogens is 1. The standard InChI is InChI=1S/C16H18FNO/c1-12(11-13-7-9-14(19)10-8-13)18(2)16-6-4-3-5-15(16)17/h3-10,12,19H,11H2,1-2H3. The highest BCUT2D eigenvalue weighted by molar-refractivity contribution is 5.48. The van der Waals surface area contributed by atoms with E-state index in [0.717, 1.165) is 12.0 Å². The molecule has 19 heavy (non-hydrogen) atoms. The third-order valence-corrected chi connectivity index (χ3v) is 3.36. The van der Waals surface area contributed by atoms with Crippen molar-refractivity contribution in [2.75, 3.05) is 11.9 Å². The smallest absolute Gasteiger partial charge is 0.146 e. The van der Waals surface area contributed by atoms with E-state index in [4.69, 9.17) is 0 Å². The summed E-state index contributed by atoms with van der Waals surface area (Å²) in [6, 6.07) is 14.1. The Morgan fingerprint density at radius 3 is 2.37 bits per heavy atom. The van der Waals surface area contributed by atoms with E-state index in [2.05, 4.69) is 6.92 Å². The molecule has 0 aliphatic heterocycles. The molecule has 0 saturated heterocycles. The maximum Gasteiger partial charge on any atom is 0.146 e. The van der Waals surface area contributed by atoms with Gasteiger partial charge in [-0.05, 0) is 43.2 Å². The van der Waals surface area contributed by atoms with Crippen molar-refractivity contribution >= 4 is 5.69 Å². The van der Waals surface area contributed by atoms with E-state index >= 15 is 0 Å². The molecule has 0 heterocycles. The number of phenols is 1. The molecule has 0 saturated carbocycles. The van der Waals surface area contributed by atoms with Crippen LogP contribution in [-0.4, -0.2) is 18.2 Å². The zero-order valence-electron chi connectivity index (χ0n) is 11.2. The van der Waals surface area contributed by atoms with E-state index in [-0.39, 0.29) is 17.6 Å². The summed E-state index contributed by atoms with van der Waals surface area (Å²) >= 11 is 0. The molecule has 0 bridgehead atoms. The van der Waals surface area contributed by atoms with Gasteiger partial charge >= 0.3 is 0 Å². The van der Waals surface area contributed by atoms with Gasteiger partial charge in [0, 0.05) is 13.1 Å². The highest BCUT2D eigenvalue weighted by atomic mass is 19.1. The van der Waals surface area contributed by atoms with Crippen LogP contribution >= 0.6 is 0 Å². The summed E-state index contributed by atoms with van der Waals surface area (Å²) in [5.74, 6) is 0.0569. The largest absolute Gasteiger partial charge is 0.508 e. The first-order chi connectivity index (χ1) is 9.08. The Kier molecular flexibility index (Phi) is 4.05. The Bertz CT molecular complexity index is 539. The first-order valence-corrected chi connectivity index (χ1v) is 6.33. The van der Waals surface area contributed by atoms with Crippen LogP contribution in [0.2, 0.25) is 0 Å². The number of hydrogen-bond donors (Lipinski definition) is 1. The number of para-hydroxylation sites is 1. The Morgan fingerprint density at radius 1 is 1.11 bits per heavy atom. The molecule has 1 atom stereocenters. The number of aromatic hydroxyl groups is 1. The van der Waals surface area contributed by atoms with Crippen molar-refractivity contribution in [3.63, 3.8) is 0 Å². The molecule has 1 N–H and O–H groups in total.